The summed E-state index contributed by atoms with van der Waals surface area (Å²) in [7, 11) is -2.05. The third-order valence-corrected chi connectivity index (χ3v) is 6.28. The number of nitrogens with one attached hydrogen (secondary N) is 1. The monoisotopic (exact) mass is 351 g/mol. The third-order valence-electron chi connectivity index (χ3n) is 3.55. The van der Waals surface area contributed by atoms with E-state index in [9.17, 15) is 13.5 Å². The first-order valence-electron chi connectivity index (χ1n) is 6.98. The van der Waals surface area contributed by atoms with Crippen LogP contribution in [0.25, 0.3) is 10.1 Å². The quantitative estimate of drug-likeness (QED) is 0.734. The fourth-order valence-electron chi connectivity index (χ4n) is 2.19. The summed E-state index contributed by atoms with van der Waals surface area (Å²) in [6, 6.07) is 9.68. The second kappa shape index (κ2) is 5.72. The van der Waals surface area contributed by atoms with Gasteiger partial charge in [0, 0.05) is 29.4 Å². The van der Waals surface area contributed by atoms with E-state index in [-0.39, 0.29) is 11.4 Å². The zero-order valence-electron chi connectivity index (χ0n) is 12.7. The van der Waals surface area contributed by atoms with Crippen molar-refractivity contribution in [3.63, 3.8) is 0 Å². The van der Waals surface area contributed by atoms with Gasteiger partial charge in [0.1, 0.15) is 10.5 Å². The molecule has 2 aromatic heterocycles. The Kier molecular flexibility index (Phi) is 4.01. The largest absolute Gasteiger partial charge is 0.383 e. The molecule has 0 fully saturated rings. The van der Waals surface area contributed by atoms with Crippen LogP contribution in [-0.2, 0) is 22.7 Å². The molecule has 0 bridgehead atoms. The van der Waals surface area contributed by atoms with Crippen molar-refractivity contribution < 1.29 is 13.5 Å². The highest BCUT2D eigenvalue weighted by molar-refractivity contribution is 7.89. The van der Waals surface area contributed by atoms with Crippen molar-refractivity contribution in [2.75, 3.05) is 6.54 Å². The Hall–Kier alpha value is -1.74. The smallest absolute Gasteiger partial charge is 0.243 e. The molecule has 2 N–H and O–H groups in total. The number of sulfonamides is 1. The van der Waals surface area contributed by atoms with Gasteiger partial charge in [-0.1, -0.05) is 18.2 Å². The van der Waals surface area contributed by atoms with E-state index in [0.717, 1.165) is 10.1 Å². The van der Waals surface area contributed by atoms with Crippen LogP contribution >= 0.6 is 11.3 Å². The number of hydrogen-bond acceptors (Lipinski definition) is 5. The van der Waals surface area contributed by atoms with Gasteiger partial charge in [-0.2, -0.15) is 5.10 Å². The van der Waals surface area contributed by atoms with Gasteiger partial charge in [0.15, 0.2) is 0 Å². The normalized spacial score (nSPS) is 14.9. The van der Waals surface area contributed by atoms with E-state index in [1.807, 2.05) is 30.3 Å². The number of aryl methyl sites for hydroxylation is 1. The molecule has 122 valence electrons. The van der Waals surface area contributed by atoms with Crippen molar-refractivity contribution in [1.82, 2.24) is 14.5 Å². The summed E-state index contributed by atoms with van der Waals surface area (Å²) in [5.74, 6) is 0. The SMILES string of the molecule is Cn1cc(S(=O)(=O)NCC(C)(O)c2cc3ccccc3s2)cn1. The molecule has 0 radical (unpaired) electrons. The zero-order valence-corrected chi connectivity index (χ0v) is 14.4. The summed E-state index contributed by atoms with van der Waals surface area (Å²) in [5.41, 5.74) is -1.29. The zero-order chi connectivity index (χ0) is 16.7. The lowest BCUT2D eigenvalue weighted by atomic mass is 10.1. The number of benzene rings is 1. The van der Waals surface area contributed by atoms with E-state index in [1.54, 1.807) is 14.0 Å². The standard InChI is InChI=1S/C15H17N3O3S2/c1-15(19,14-7-11-5-3-4-6-13(11)22-14)10-17-23(20,21)12-8-16-18(2)9-12/h3-9,17,19H,10H2,1-2H3. The molecule has 1 unspecified atom stereocenters. The first kappa shape index (κ1) is 16.1. The Morgan fingerprint density at radius 1 is 1.39 bits per heavy atom. The number of aromatic nitrogens is 2. The van der Waals surface area contributed by atoms with Crippen LogP contribution in [0.5, 0.6) is 0 Å². The highest BCUT2D eigenvalue weighted by Crippen LogP contribution is 2.33. The molecule has 3 aromatic rings. The Balaban J connectivity index is 1.80. The molecule has 1 aromatic carbocycles. The maximum absolute atomic E-state index is 12.2. The molecule has 1 atom stereocenters. The molecular weight excluding hydrogens is 334 g/mol. The Morgan fingerprint density at radius 2 is 2.13 bits per heavy atom. The lowest BCUT2D eigenvalue weighted by molar-refractivity contribution is 0.0666. The molecule has 0 saturated heterocycles. The van der Waals surface area contributed by atoms with Crippen molar-refractivity contribution in [2.24, 2.45) is 7.05 Å². The summed E-state index contributed by atoms with van der Waals surface area (Å²) in [4.78, 5) is 0.791. The minimum absolute atomic E-state index is 0.0761. The molecule has 2 heterocycles. The average molecular weight is 351 g/mol. The molecule has 0 aliphatic carbocycles. The molecule has 0 aliphatic rings. The maximum atomic E-state index is 12.2. The van der Waals surface area contributed by atoms with Crippen LogP contribution in [-0.4, -0.2) is 29.8 Å². The van der Waals surface area contributed by atoms with Gasteiger partial charge in [-0.25, -0.2) is 13.1 Å². The van der Waals surface area contributed by atoms with E-state index < -0.39 is 15.6 Å². The van der Waals surface area contributed by atoms with Crippen molar-refractivity contribution in [2.45, 2.75) is 17.4 Å². The van der Waals surface area contributed by atoms with Crippen LogP contribution in [0, 0.1) is 0 Å². The topological polar surface area (TPSA) is 84.2 Å². The van der Waals surface area contributed by atoms with Crippen LogP contribution in [0.2, 0.25) is 0 Å². The second-order valence-electron chi connectivity index (χ2n) is 5.60. The molecule has 3 rings (SSSR count). The van der Waals surface area contributed by atoms with Crippen molar-refractivity contribution in [1.29, 1.82) is 0 Å². The van der Waals surface area contributed by atoms with Crippen molar-refractivity contribution in [3.05, 3.63) is 47.6 Å². The number of hydrogen-bond donors (Lipinski definition) is 2. The molecule has 0 spiro atoms. The molecule has 0 amide bonds. The molecule has 0 aliphatic heterocycles. The van der Waals surface area contributed by atoms with Crippen LogP contribution in [0.3, 0.4) is 0 Å². The lowest BCUT2D eigenvalue weighted by Gasteiger charge is -2.22. The molecule has 0 saturated carbocycles. The molecule has 6 nitrogen and oxygen atoms in total. The Bertz CT molecular complexity index is 909. The third kappa shape index (κ3) is 3.30. The van der Waals surface area contributed by atoms with Gasteiger partial charge in [0.2, 0.25) is 10.0 Å². The van der Waals surface area contributed by atoms with Gasteiger partial charge in [-0.05, 0) is 24.4 Å². The highest BCUT2D eigenvalue weighted by atomic mass is 32.2. The van der Waals surface area contributed by atoms with Crippen LogP contribution in [0.4, 0.5) is 0 Å². The minimum atomic E-state index is -3.70. The highest BCUT2D eigenvalue weighted by Gasteiger charge is 2.28. The summed E-state index contributed by atoms with van der Waals surface area (Å²) in [5, 5.41) is 15.5. The lowest BCUT2D eigenvalue weighted by Crippen LogP contribution is -2.38. The summed E-state index contributed by atoms with van der Waals surface area (Å²) in [6.07, 6.45) is 2.69. The fourth-order valence-corrected chi connectivity index (χ4v) is 4.41. The van der Waals surface area contributed by atoms with Gasteiger partial charge < -0.3 is 5.11 Å². The number of nitrogens with zero attached hydrogens (tertiary/aromatic N) is 2. The number of thiophene rings is 1. The summed E-state index contributed by atoms with van der Waals surface area (Å²) in [6.45, 7) is 1.49. The van der Waals surface area contributed by atoms with E-state index in [4.69, 9.17) is 0 Å². The van der Waals surface area contributed by atoms with Gasteiger partial charge >= 0.3 is 0 Å². The first-order valence-corrected chi connectivity index (χ1v) is 9.28. The predicted octanol–water partition coefficient (Wildman–Crippen LogP) is 1.82. The number of rotatable bonds is 5. The number of fused-ring (bicyclic) bond motifs is 1. The second-order valence-corrected chi connectivity index (χ2v) is 8.45. The summed E-state index contributed by atoms with van der Waals surface area (Å²) >= 11 is 1.45. The van der Waals surface area contributed by atoms with Gasteiger partial charge in [0.05, 0.1) is 6.20 Å². The van der Waals surface area contributed by atoms with E-state index in [0.29, 0.717) is 4.88 Å². The van der Waals surface area contributed by atoms with Gasteiger partial charge in [-0.3, -0.25) is 4.68 Å². The summed E-state index contributed by atoms with van der Waals surface area (Å²) < 4.78 is 29.4. The van der Waals surface area contributed by atoms with Crippen LogP contribution < -0.4 is 4.72 Å². The average Bonchev–Trinajstić information content (AvgIpc) is 3.12. The molecular formula is C15H17N3O3S2. The molecule has 23 heavy (non-hydrogen) atoms. The van der Waals surface area contributed by atoms with E-state index in [2.05, 4.69) is 9.82 Å². The van der Waals surface area contributed by atoms with Crippen molar-refractivity contribution in [3.8, 4) is 0 Å². The van der Waals surface area contributed by atoms with Gasteiger partial charge in [-0.15, -0.1) is 11.3 Å². The van der Waals surface area contributed by atoms with E-state index >= 15 is 0 Å². The van der Waals surface area contributed by atoms with Crippen molar-refractivity contribution >= 4 is 31.4 Å². The number of aliphatic hydroxyl groups is 1. The van der Waals surface area contributed by atoms with E-state index in [1.165, 1.54) is 28.4 Å². The Labute approximate surface area is 138 Å². The van der Waals surface area contributed by atoms with Crippen LogP contribution in [0.1, 0.15) is 11.8 Å². The first-order chi connectivity index (χ1) is 10.8. The Morgan fingerprint density at radius 3 is 2.78 bits per heavy atom. The fraction of sp³-hybridized carbons (Fsp3) is 0.267. The van der Waals surface area contributed by atoms with Crippen LogP contribution in [0.15, 0.2) is 47.6 Å². The van der Waals surface area contributed by atoms with Gasteiger partial charge in [0.25, 0.3) is 0 Å². The molecule has 8 heteroatoms. The predicted molar refractivity (Wildman–Crippen MR) is 89.8 cm³/mol. The maximum Gasteiger partial charge on any atom is 0.243 e. The minimum Gasteiger partial charge on any atom is -0.383 e.